The van der Waals surface area contributed by atoms with Crippen molar-refractivity contribution in [2.24, 2.45) is 0 Å². The van der Waals surface area contributed by atoms with E-state index in [1.807, 2.05) is 0 Å². The molecule has 0 amide bonds. The summed E-state index contributed by atoms with van der Waals surface area (Å²) in [4.78, 5) is 11.6. The zero-order valence-corrected chi connectivity index (χ0v) is 9.49. The molecule has 0 aliphatic heterocycles. The molecule has 0 unspecified atom stereocenters. The summed E-state index contributed by atoms with van der Waals surface area (Å²) in [5.41, 5.74) is 1.18. The minimum atomic E-state index is -0.444. The van der Waals surface area contributed by atoms with Gasteiger partial charge in [-0.1, -0.05) is 18.2 Å². The van der Waals surface area contributed by atoms with Crippen molar-refractivity contribution in [1.29, 1.82) is 0 Å². The molecule has 0 N–H and O–H groups in total. The van der Waals surface area contributed by atoms with E-state index >= 15 is 0 Å². The van der Waals surface area contributed by atoms with Gasteiger partial charge in [0, 0.05) is 5.02 Å². The van der Waals surface area contributed by atoms with Crippen molar-refractivity contribution in [2.75, 3.05) is 0 Å². The number of halogens is 1. The smallest absolute Gasteiger partial charge is 0.408 e. The second-order valence-electron chi connectivity index (χ2n) is 3.28. The topological polar surface area (TPSA) is 35.1 Å². The number of oxazole rings is 1. The van der Waals surface area contributed by atoms with Crippen LogP contribution in [0, 0.1) is 0 Å². The number of hydrogen-bond acceptors (Lipinski definition) is 2. The van der Waals surface area contributed by atoms with Gasteiger partial charge in [0.1, 0.15) is 0 Å². The van der Waals surface area contributed by atoms with Crippen LogP contribution < -0.4 is 16.5 Å². The minimum Gasteiger partial charge on any atom is -0.408 e. The van der Waals surface area contributed by atoms with Gasteiger partial charge >= 0.3 is 5.76 Å². The minimum absolute atomic E-state index is 0.444. The maximum atomic E-state index is 11.6. The Bertz CT molecular complexity index is 665. The average Bonchev–Trinajstić information content (AvgIpc) is 2.56. The quantitative estimate of drug-likeness (QED) is 0.747. The van der Waals surface area contributed by atoms with Gasteiger partial charge in [-0.05, 0) is 37.3 Å². The number of rotatable bonds is 1. The molecule has 16 heavy (non-hydrogen) atoms. The first-order valence-electron chi connectivity index (χ1n) is 4.76. The Hall–Kier alpha value is -1.74. The van der Waals surface area contributed by atoms with E-state index < -0.39 is 5.76 Å². The van der Waals surface area contributed by atoms with E-state index in [-0.39, 0.29) is 0 Å². The molecule has 2 aromatic rings. The van der Waals surface area contributed by atoms with E-state index in [0.717, 1.165) is 0 Å². The Morgan fingerprint density at radius 1 is 1.38 bits per heavy atom. The van der Waals surface area contributed by atoms with E-state index in [2.05, 4.69) is 6.58 Å². The summed E-state index contributed by atoms with van der Waals surface area (Å²) in [7, 11) is 0. The predicted octanol–water partition coefficient (Wildman–Crippen LogP) is 1.29. The first-order valence-corrected chi connectivity index (χ1v) is 5.14. The molecule has 0 spiro atoms. The summed E-state index contributed by atoms with van der Waals surface area (Å²) in [6, 6.07) is 6.91. The van der Waals surface area contributed by atoms with Crippen LogP contribution in [0.15, 0.2) is 33.5 Å². The monoisotopic (exact) mass is 235 g/mol. The van der Waals surface area contributed by atoms with Gasteiger partial charge in [-0.3, -0.25) is 0 Å². The van der Waals surface area contributed by atoms with Crippen LogP contribution in [0.3, 0.4) is 0 Å². The average molecular weight is 236 g/mol. The summed E-state index contributed by atoms with van der Waals surface area (Å²) < 4.78 is 6.44. The molecule has 1 aromatic heterocycles. The van der Waals surface area contributed by atoms with Gasteiger partial charge in [0.15, 0.2) is 5.42 Å². The molecule has 3 nitrogen and oxygen atoms in total. The third kappa shape index (κ3) is 1.70. The van der Waals surface area contributed by atoms with E-state index in [4.69, 9.17) is 16.0 Å². The molecule has 1 aromatic carbocycles. The molecule has 0 atom stereocenters. The molecule has 0 saturated carbocycles. The van der Waals surface area contributed by atoms with Crippen LogP contribution in [0.2, 0.25) is 5.02 Å². The van der Waals surface area contributed by atoms with Crippen molar-refractivity contribution in [3.63, 3.8) is 0 Å². The molecular weight excluding hydrogens is 226 g/mol. The molecule has 4 heteroatoms. The van der Waals surface area contributed by atoms with Crippen molar-refractivity contribution < 1.29 is 4.42 Å². The fourth-order valence-electron chi connectivity index (χ4n) is 1.50. The number of nitrogens with zero attached hydrogens (tertiary/aromatic N) is 1. The molecular formula is C12H10ClNO2. The Labute approximate surface area is 96.9 Å². The maximum absolute atomic E-state index is 11.6. The highest BCUT2D eigenvalue weighted by Crippen LogP contribution is 2.10. The second-order valence-corrected chi connectivity index (χ2v) is 3.72. The van der Waals surface area contributed by atoms with Gasteiger partial charge in [0.2, 0.25) is 0 Å². The fourth-order valence-corrected chi connectivity index (χ4v) is 1.62. The lowest BCUT2D eigenvalue weighted by atomic mass is 10.3. The molecule has 0 fully saturated rings. The van der Waals surface area contributed by atoms with Crippen molar-refractivity contribution >= 4 is 24.3 Å². The van der Waals surface area contributed by atoms with Crippen molar-refractivity contribution in [3.8, 4) is 5.69 Å². The van der Waals surface area contributed by atoms with E-state index in [1.165, 1.54) is 4.57 Å². The predicted molar refractivity (Wildman–Crippen MR) is 64.2 cm³/mol. The highest BCUT2D eigenvalue weighted by atomic mass is 35.5. The van der Waals surface area contributed by atoms with Gasteiger partial charge in [-0.15, -0.1) is 0 Å². The molecule has 0 aliphatic rings. The Morgan fingerprint density at radius 3 is 2.50 bits per heavy atom. The largest absolute Gasteiger partial charge is 0.424 e. The van der Waals surface area contributed by atoms with Crippen LogP contribution in [0.4, 0.5) is 0 Å². The molecule has 0 aliphatic carbocycles. The Kier molecular flexibility index (Phi) is 2.71. The van der Waals surface area contributed by atoms with Crippen LogP contribution in [-0.4, -0.2) is 4.57 Å². The molecule has 2 rings (SSSR count). The summed E-state index contributed by atoms with van der Waals surface area (Å²) in [6.07, 6.45) is 1.70. The Morgan fingerprint density at radius 2 is 2.00 bits per heavy atom. The van der Waals surface area contributed by atoms with Crippen molar-refractivity contribution in [3.05, 3.63) is 50.6 Å². The number of aromatic nitrogens is 1. The van der Waals surface area contributed by atoms with E-state index in [1.54, 1.807) is 37.3 Å². The maximum Gasteiger partial charge on any atom is 0.424 e. The summed E-state index contributed by atoms with van der Waals surface area (Å²) >= 11 is 5.78. The van der Waals surface area contributed by atoms with Gasteiger partial charge in [-0.2, -0.15) is 0 Å². The van der Waals surface area contributed by atoms with E-state index in [9.17, 15) is 4.79 Å². The highest BCUT2D eigenvalue weighted by Gasteiger charge is 2.05. The third-order valence-electron chi connectivity index (χ3n) is 2.28. The summed E-state index contributed by atoms with van der Waals surface area (Å²) in [5, 5.41) is 1.16. The first kappa shape index (κ1) is 10.8. The van der Waals surface area contributed by atoms with Gasteiger partial charge < -0.3 is 4.42 Å². The third-order valence-corrected chi connectivity index (χ3v) is 2.53. The van der Waals surface area contributed by atoms with Crippen LogP contribution in [0.5, 0.6) is 0 Å². The van der Waals surface area contributed by atoms with Gasteiger partial charge in [-0.25, -0.2) is 9.36 Å². The number of benzene rings is 1. The lowest BCUT2D eigenvalue weighted by molar-refractivity contribution is 0.477. The zero-order valence-electron chi connectivity index (χ0n) is 8.74. The molecule has 0 bridgehead atoms. The fraction of sp³-hybridized carbons (Fsp3) is 0.0833. The summed E-state index contributed by atoms with van der Waals surface area (Å²) in [6.45, 7) is 5.61. The first-order chi connectivity index (χ1) is 7.63. The zero-order chi connectivity index (χ0) is 11.7. The van der Waals surface area contributed by atoms with Crippen LogP contribution in [-0.2, 0) is 0 Å². The van der Waals surface area contributed by atoms with Crippen LogP contribution >= 0.6 is 11.6 Å². The van der Waals surface area contributed by atoms with Crippen molar-refractivity contribution in [2.45, 2.75) is 6.92 Å². The van der Waals surface area contributed by atoms with E-state index in [0.29, 0.717) is 21.5 Å². The standard InChI is InChI=1S/C12H10ClNO2/c1-3-11-8(2)14(12(15)16-11)10-6-4-9(13)5-7-10/h3-7H,2H2,1H3/b11-3+. The van der Waals surface area contributed by atoms with Crippen LogP contribution in [0.1, 0.15) is 6.92 Å². The summed E-state index contributed by atoms with van der Waals surface area (Å²) in [5.74, 6) is -0.444. The Balaban J connectivity index is 2.75. The van der Waals surface area contributed by atoms with Crippen LogP contribution in [0.25, 0.3) is 18.3 Å². The van der Waals surface area contributed by atoms with Crippen molar-refractivity contribution in [1.82, 2.24) is 4.57 Å². The highest BCUT2D eigenvalue weighted by molar-refractivity contribution is 6.30. The normalized spacial score (nSPS) is 12.0. The molecule has 0 radical (unpaired) electrons. The lowest BCUT2D eigenvalue weighted by Gasteiger charge is -1.99. The molecule has 1 heterocycles. The van der Waals surface area contributed by atoms with Gasteiger partial charge in [0.05, 0.1) is 11.0 Å². The van der Waals surface area contributed by atoms with Gasteiger partial charge in [0.25, 0.3) is 0 Å². The second kappa shape index (κ2) is 4.02. The molecule has 82 valence electrons. The lowest BCUT2D eigenvalue weighted by Crippen LogP contribution is -2.29. The molecule has 0 saturated heterocycles. The number of hydrogen-bond donors (Lipinski definition) is 0. The SMILES string of the molecule is C=c1/c(=C\C)oc(=O)n1-c1ccc(Cl)cc1.